The lowest BCUT2D eigenvalue weighted by Crippen LogP contribution is -2.19. The molecule has 0 saturated carbocycles. The highest BCUT2D eigenvalue weighted by molar-refractivity contribution is 5.54. The Kier molecular flexibility index (Phi) is 4.36. The maximum absolute atomic E-state index is 11.9. The van der Waals surface area contributed by atoms with Crippen molar-refractivity contribution in [2.24, 2.45) is 0 Å². The van der Waals surface area contributed by atoms with Crippen LogP contribution in [0.5, 0.6) is 0 Å². The molecule has 2 rings (SSSR count). The van der Waals surface area contributed by atoms with Crippen LogP contribution in [0.15, 0.2) is 29.1 Å². The SMILES string of the molecule is CCc1c(C)[nH]c(=O)c(N)c1Cc1ccc(N(C)C)cc1. The number of nitrogen functional groups attached to an aromatic ring is 1. The van der Waals surface area contributed by atoms with Crippen LogP contribution >= 0.6 is 0 Å². The third-order valence-corrected chi connectivity index (χ3v) is 3.87. The lowest BCUT2D eigenvalue weighted by atomic mass is 9.96. The molecule has 4 heteroatoms. The zero-order chi connectivity index (χ0) is 15.6. The molecule has 112 valence electrons. The number of hydrogen-bond donors (Lipinski definition) is 2. The molecular weight excluding hydrogens is 262 g/mol. The summed E-state index contributed by atoms with van der Waals surface area (Å²) in [5.41, 5.74) is 11.5. The Hall–Kier alpha value is -2.23. The van der Waals surface area contributed by atoms with E-state index in [0.29, 0.717) is 12.1 Å². The fourth-order valence-corrected chi connectivity index (χ4v) is 2.64. The third kappa shape index (κ3) is 3.10. The zero-order valence-electron chi connectivity index (χ0n) is 13.2. The standard InChI is InChI=1S/C17H23N3O/c1-5-14-11(2)19-17(21)16(18)15(14)10-12-6-8-13(9-7-12)20(3)4/h6-9H,5,10,18H2,1-4H3,(H,19,21). The van der Waals surface area contributed by atoms with E-state index in [1.807, 2.05) is 21.0 Å². The monoisotopic (exact) mass is 285 g/mol. The van der Waals surface area contributed by atoms with Crippen LogP contribution in [-0.4, -0.2) is 19.1 Å². The molecule has 3 N–H and O–H groups in total. The molecule has 21 heavy (non-hydrogen) atoms. The fraction of sp³-hybridized carbons (Fsp3) is 0.353. The van der Waals surface area contributed by atoms with E-state index in [9.17, 15) is 4.79 Å². The van der Waals surface area contributed by atoms with E-state index in [-0.39, 0.29) is 5.56 Å². The van der Waals surface area contributed by atoms with Crippen LogP contribution in [0.2, 0.25) is 0 Å². The van der Waals surface area contributed by atoms with Gasteiger partial charge in [0.15, 0.2) is 0 Å². The second kappa shape index (κ2) is 6.04. The Labute approximate surface area is 125 Å². The Bertz CT molecular complexity index is 684. The van der Waals surface area contributed by atoms with Gasteiger partial charge in [0.2, 0.25) is 0 Å². The summed E-state index contributed by atoms with van der Waals surface area (Å²) in [5, 5.41) is 0. The minimum absolute atomic E-state index is 0.190. The number of aromatic nitrogens is 1. The average molecular weight is 285 g/mol. The van der Waals surface area contributed by atoms with E-state index in [1.165, 1.54) is 0 Å². The first-order chi connectivity index (χ1) is 9.93. The lowest BCUT2D eigenvalue weighted by molar-refractivity contribution is 0.980. The largest absolute Gasteiger partial charge is 0.394 e. The number of anilines is 2. The van der Waals surface area contributed by atoms with Crippen molar-refractivity contribution in [1.29, 1.82) is 0 Å². The van der Waals surface area contributed by atoms with Gasteiger partial charge in [-0.05, 0) is 42.2 Å². The van der Waals surface area contributed by atoms with Crippen LogP contribution < -0.4 is 16.2 Å². The van der Waals surface area contributed by atoms with Gasteiger partial charge in [-0.25, -0.2) is 0 Å². The summed E-state index contributed by atoms with van der Waals surface area (Å²) in [5.74, 6) is 0. The van der Waals surface area contributed by atoms with E-state index < -0.39 is 0 Å². The minimum atomic E-state index is -0.190. The first kappa shape index (κ1) is 15.2. The van der Waals surface area contributed by atoms with Gasteiger partial charge in [0, 0.05) is 31.9 Å². The summed E-state index contributed by atoms with van der Waals surface area (Å²) >= 11 is 0. The molecule has 0 aliphatic rings. The lowest BCUT2D eigenvalue weighted by Gasteiger charge is -2.15. The highest BCUT2D eigenvalue weighted by Crippen LogP contribution is 2.22. The quantitative estimate of drug-likeness (QED) is 0.907. The zero-order valence-corrected chi connectivity index (χ0v) is 13.2. The van der Waals surface area contributed by atoms with Crippen molar-refractivity contribution in [2.45, 2.75) is 26.7 Å². The molecule has 0 bridgehead atoms. The van der Waals surface area contributed by atoms with E-state index in [2.05, 4.69) is 41.1 Å². The van der Waals surface area contributed by atoms with Crippen molar-refractivity contribution >= 4 is 11.4 Å². The summed E-state index contributed by atoms with van der Waals surface area (Å²) in [6.07, 6.45) is 1.55. The van der Waals surface area contributed by atoms with E-state index in [4.69, 9.17) is 5.73 Å². The number of aromatic amines is 1. The number of hydrogen-bond acceptors (Lipinski definition) is 3. The van der Waals surface area contributed by atoms with Gasteiger partial charge in [0.05, 0.1) is 0 Å². The van der Waals surface area contributed by atoms with Gasteiger partial charge >= 0.3 is 0 Å². The van der Waals surface area contributed by atoms with Gasteiger partial charge in [-0.1, -0.05) is 19.1 Å². The number of benzene rings is 1. The summed E-state index contributed by atoms with van der Waals surface area (Å²) in [4.78, 5) is 16.8. The molecule has 0 aliphatic carbocycles. The molecule has 0 amide bonds. The smallest absolute Gasteiger partial charge is 0.271 e. The van der Waals surface area contributed by atoms with Crippen LogP contribution in [0.4, 0.5) is 11.4 Å². The van der Waals surface area contributed by atoms with Crippen LogP contribution in [0.25, 0.3) is 0 Å². The predicted octanol–water partition coefficient (Wildman–Crippen LogP) is 2.48. The Morgan fingerprint density at radius 2 is 1.76 bits per heavy atom. The second-order valence-corrected chi connectivity index (χ2v) is 5.54. The number of pyridine rings is 1. The topological polar surface area (TPSA) is 62.1 Å². The third-order valence-electron chi connectivity index (χ3n) is 3.87. The van der Waals surface area contributed by atoms with Crippen molar-refractivity contribution in [1.82, 2.24) is 4.98 Å². The fourth-order valence-electron chi connectivity index (χ4n) is 2.64. The van der Waals surface area contributed by atoms with E-state index in [1.54, 1.807) is 0 Å². The molecule has 1 heterocycles. The van der Waals surface area contributed by atoms with Crippen LogP contribution in [0.3, 0.4) is 0 Å². The second-order valence-electron chi connectivity index (χ2n) is 5.54. The maximum Gasteiger partial charge on any atom is 0.271 e. The van der Waals surface area contributed by atoms with E-state index in [0.717, 1.165) is 34.5 Å². The molecule has 0 atom stereocenters. The Morgan fingerprint density at radius 1 is 1.14 bits per heavy atom. The number of nitrogens with zero attached hydrogens (tertiary/aromatic N) is 1. The number of nitrogens with one attached hydrogen (secondary N) is 1. The predicted molar refractivity (Wildman–Crippen MR) is 89.2 cm³/mol. The highest BCUT2D eigenvalue weighted by Gasteiger charge is 2.12. The molecule has 0 saturated heterocycles. The first-order valence-corrected chi connectivity index (χ1v) is 7.20. The molecule has 1 aromatic heterocycles. The van der Waals surface area contributed by atoms with Crippen molar-refractivity contribution < 1.29 is 0 Å². The Balaban J connectivity index is 2.41. The van der Waals surface area contributed by atoms with Gasteiger partial charge in [-0.3, -0.25) is 4.79 Å². The minimum Gasteiger partial charge on any atom is -0.394 e. The Morgan fingerprint density at radius 3 is 2.29 bits per heavy atom. The van der Waals surface area contributed by atoms with Gasteiger partial charge in [0.1, 0.15) is 5.69 Å². The summed E-state index contributed by atoms with van der Waals surface area (Å²) in [6.45, 7) is 4.01. The molecule has 0 aliphatic heterocycles. The number of H-pyrrole nitrogens is 1. The molecule has 2 aromatic rings. The van der Waals surface area contributed by atoms with Gasteiger partial charge < -0.3 is 15.6 Å². The number of rotatable bonds is 4. The molecule has 0 fully saturated rings. The van der Waals surface area contributed by atoms with Crippen molar-refractivity contribution in [3.63, 3.8) is 0 Å². The normalized spacial score (nSPS) is 10.7. The molecular formula is C17H23N3O. The van der Waals surface area contributed by atoms with Gasteiger partial charge in [-0.2, -0.15) is 0 Å². The van der Waals surface area contributed by atoms with Crippen molar-refractivity contribution in [2.75, 3.05) is 24.7 Å². The summed E-state index contributed by atoms with van der Waals surface area (Å²) in [7, 11) is 4.03. The van der Waals surface area contributed by atoms with Crippen molar-refractivity contribution in [3.8, 4) is 0 Å². The molecule has 0 radical (unpaired) electrons. The number of aryl methyl sites for hydroxylation is 1. The average Bonchev–Trinajstić information content (AvgIpc) is 2.45. The molecule has 4 nitrogen and oxygen atoms in total. The summed E-state index contributed by atoms with van der Waals surface area (Å²) in [6, 6.07) is 8.34. The van der Waals surface area contributed by atoms with Crippen LogP contribution in [0, 0.1) is 6.92 Å². The molecule has 0 unspecified atom stereocenters. The van der Waals surface area contributed by atoms with Crippen LogP contribution in [-0.2, 0) is 12.8 Å². The summed E-state index contributed by atoms with van der Waals surface area (Å²) < 4.78 is 0. The molecule has 1 aromatic carbocycles. The maximum atomic E-state index is 11.9. The number of nitrogens with two attached hydrogens (primary N) is 1. The molecule has 0 spiro atoms. The van der Waals surface area contributed by atoms with Crippen molar-refractivity contribution in [3.05, 3.63) is 57.0 Å². The van der Waals surface area contributed by atoms with Gasteiger partial charge in [-0.15, -0.1) is 0 Å². The van der Waals surface area contributed by atoms with Crippen LogP contribution in [0.1, 0.15) is 29.3 Å². The highest BCUT2D eigenvalue weighted by atomic mass is 16.1. The van der Waals surface area contributed by atoms with Gasteiger partial charge in [0.25, 0.3) is 5.56 Å². The first-order valence-electron chi connectivity index (χ1n) is 7.20. The van der Waals surface area contributed by atoms with E-state index >= 15 is 0 Å².